The van der Waals surface area contributed by atoms with Gasteiger partial charge in [-0.15, -0.1) is 0 Å². The lowest BCUT2D eigenvalue weighted by molar-refractivity contribution is -0.136. The van der Waals surface area contributed by atoms with E-state index in [0.29, 0.717) is 24.1 Å². The molecular formula is C35H50N6O7. The number of nitrogens with zero attached hydrogens (tertiary/aromatic N) is 1. The van der Waals surface area contributed by atoms with Crippen LogP contribution < -0.4 is 26.6 Å². The van der Waals surface area contributed by atoms with E-state index in [0.717, 1.165) is 43.3 Å². The Morgan fingerprint density at radius 3 is 2.56 bits per heavy atom. The molecule has 2 aliphatic heterocycles. The number of urea groups is 1. The number of carbonyl (C=O) groups is 6. The fourth-order valence-electron chi connectivity index (χ4n) is 8.41. The number of ether oxygens (including phenoxy) is 1. The van der Waals surface area contributed by atoms with Crippen LogP contribution in [0.2, 0.25) is 0 Å². The quantitative estimate of drug-likeness (QED) is 0.166. The number of piperidine rings is 1. The normalized spacial score (nSPS) is 28.9. The third kappa shape index (κ3) is 7.72. The molecule has 0 radical (unpaired) electrons. The summed E-state index contributed by atoms with van der Waals surface area (Å²) in [4.78, 5) is 76.1. The van der Waals surface area contributed by atoms with Gasteiger partial charge in [0.15, 0.2) is 0 Å². The van der Waals surface area contributed by atoms with Gasteiger partial charge >= 0.3 is 6.03 Å². The predicted molar refractivity (Wildman–Crippen MR) is 178 cm³/mol. The van der Waals surface area contributed by atoms with Crippen LogP contribution in [0.4, 0.5) is 10.5 Å². The maximum Gasteiger partial charge on any atom is 0.315 e. The van der Waals surface area contributed by atoms with E-state index in [1.54, 1.807) is 18.2 Å². The van der Waals surface area contributed by atoms with Gasteiger partial charge in [-0.3, -0.25) is 29.4 Å². The highest BCUT2D eigenvalue weighted by molar-refractivity contribution is 6.25. The molecule has 13 heteroatoms. The average Bonchev–Trinajstić information content (AvgIpc) is 3.23. The number of imide groups is 2. The van der Waals surface area contributed by atoms with Crippen LogP contribution >= 0.6 is 0 Å². The van der Waals surface area contributed by atoms with Gasteiger partial charge in [0, 0.05) is 29.7 Å². The zero-order valence-electron chi connectivity index (χ0n) is 28.9. The number of nitrogens with one attached hydrogen (secondary N) is 5. The summed E-state index contributed by atoms with van der Waals surface area (Å²) in [6.07, 6.45) is 5.78. The summed E-state index contributed by atoms with van der Waals surface area (Å²) in [5.74, 6) is -1.20. The first-order valence-corrected chi connectivity index (χ1v) is 17.0. The van der Waals surface area contributed by atoms with Gasteiger partial charge in [-0.25, -0.2) is 4.79 Å². The number of hydrogen-bond acceptors (Lipinski definition) is 9. The van der Waals surface area contributed by atoms with E-state index in [9.17, 15) is 28.8 Å². The maximum absolute atomic E-state index is 13.5. The van der Waals surface area contributed by atoms with Crippen LogP contribution in [0.3, 0.4) is 0 Å². The summed E-state index contributed by atoms with van der Waals surface area (Å²) in [6.45, 7) is 12.7. The third-order valence-electron chi connectivity index (χ3n) is 10.0. The summed E-state index contributed by atoms with van der Waals surface area (Å²) >= 11 is 0. The minimum Gasteiger partial charge on any atom is -0.377 e. The zero-order valence-corrected chi connectivity index (χ0v) is 28.9. The number of carbonyl (C=O) groups excluding carboxylic acids is 6. The van der Waals surface area contributed by atoms with Crippen molar-refractivity contribution < 1.29 is 33.5 Å². The monoisotopic (exact) mass is 666 g/mol. The van der Waals surface area contributed by atoms with Gasteiger partial charge in [-0.2, -0.15) is 0 Å². The van der Waals surface area contributed by atoms with Crippen molar-refractivity contribution in [3.05, 3.63) is 29.3 Å². The van der Waals surface area contributed by atoms with Crippen LogP contribution in [-0.2, 0) is 19.1 Å². The van der Waals surface area contributed by atoms with Gasteiger partial charge in [-0.05, 0) is 97.1 Å². The Hall–Kier alpha value is -3.84. The van der Waals surface area contributed by atoms with Crippen molar-refractivity contribution in [2.75, 3.05) is 25.0 Å². The van der Waals surface area contributed by atoms with Crippen LogP contribution in [0.5, 0.6) is 0 Å². The lowest BCUT2D eigenvalue weighted by Crippen LogP contribution is -2.64. The zero-order chi connectivity index (χ0) is 35.1. The second-order valence-corrected chi connectivity index (χ2v) is 15.9. The molecule has 2 saturated carbocycles. The van der Waals surface area contributed by atoms with Crippen LogP contribution in [0.15, 0.2) is 18.2 Å². The van der Waals surface area contributed by atoms with Gasteiger partial charge in [0.1, 0.15) is 12.3 Å². The molecule has 6 amide bonds. The first kappa shape index (κ1) is 35.5. The Bertz CT molecular complexity index is 1490. The van der Waals surface area contributed by atoms with E-state index < -0.39 is 46.3 Å². The Morgan fingerprint density at radius 2 is 1.85 bits per heavy atom. The SMILES string of the molecule is CC1CC2CC(C)(NC(=O)NCC(C)(C)OCC(C)(C)Nc3cccc4c3C(=O)N(C3CCC(=O)NC3=O)C4=O)CC(NCC=O)(C1)C2. The molecular weight excluding hydrogens is 616 g/mol. The second kappa shape index (κ2) is 13.2. The highest BCUT2D eigenvalue weighted by atomic mass is 16.5. The predicted octanol–water partition coefficient (Wildman–Crippen LogP) is 2.89. The maximum atomic E-state index is 13.5. The van der Waals surface area contributed by atoms with Crippen molar-refractivity contribution in [3.8, 4) is 0 Å². The standard InChI is InChI=1S/C35H50N6O7/c1-21-14-22-16-34(6,18-35(15-21,17-22)37-12-13-42)40-31(47)36-19-33(4,5)48-20-32(2,3)39-24-9-7-8-23-27(24)30(46)41(29(23)45)25-10-11-26(43)38-28(25)44/h7-9,13,21-22,25,37,39H,10-12,14-20H2,1-6H3,(H2,36,40,47)(H,38,43,44). The highest BCUT2D eigenvalue weighted by Crippen LogP contribution is 2.48. The summed E-state index contributed by atoms with van der Waals surface area (Å²) in [6, 6.07) is 3.61. The van der Waals surface area contributed by atoms with E-state index in [4.69, 9.17) is 4.74 Å². The first-order chi connectivity index (χ1) is 22.4. The molecule has 1 aromatic rings. The number of amides is 6. The molecule has 262 valence electrons. The van der Waals surface area contributed by atoms with Crippen LogP contribution in [0.1, 0.15) is 107 Å². The molecule has 3 fully saturated rings. The molecule has 13 nitrogen and oxygen atoms in total. The number of hydrogen-bond donors (Lipinski definition) is 5. The molecule has 2 heterocycles. The molecule has 0 aromatic heterocycles. The van der Waals surface area contributed by atoms with Crippen molar-refractivity contribution in [3.63, 3.8) is 0 Å². The van der Waals surface area contributed by atoms with Crippen LogP contribution in [0, 0.1) is 11.8 Å². The van der Waals surface area contributed by atoms with Crippen molar-refractivity contribution in [1.29, 1.82) is 0 Å². The molecule has 5 rings (SSSR count). The molecule has 4 aliphatic rings. The molecule has 5 N–H and O–H groups in total. The summed E-state index contributed by atoms with van der Waals surface area (Å²) in [5.41, 5.74) is -1.21. The summed E-state index contributed by atoms with van der Waals surface area (Å²) in [7, 11) is 0. The van der Waals surface area contributed by atoms with E-state index in [1.165, 1.54) is 0 Å². The number of fused-ring (bicyclic) bond motifs is 3. The van der Waals surface area contributed by atoms with Crippen molar-refractivity contribution in [1.82, 2.24) is 26.2 Å². The van der Waals surface area contributed by atoms with Gasteiger partial charge in [0.05, 0.1) is 35.4 Å². The van der Waals surface area contributed by atoms with Crippen molar-refractivity contribution in [2.45, 2.75) is 115 Å². The minimum atomic E-state index is -1.05. The number of aldehydes is 1. The smallest absolute Gasteiger partial charge is 0.315 e. The number of rotatable bonds is 12. The average molecular weight is 667 g/mol. The van der Waals surface area contributed by atoms with E-state index in [2.05, 4.69) is 40.4 Å². The highest BCUT2D eigenvalue weighted by Gasteiger charge is 2.50. The summed E-state index contributed by atoms with van der Waals surface area (Å²) in [5, 5.41) is 15.3. The Kier molecular flexibility index (Phi) is 9.77. The Morgan fingerprint density at radius 1 is 1.10 bits per heavy atom. The topological polar surface area (TPSA) is 175 Å². The second-order valence-electron chi connectivity index (χ2n) is 15.9. The van der Waals surface area contributed by atoms with Gasteiger partial charge in [0.2, 0.25) is 11.8 Å². The summed E-state index contributed by atoms with van der Waals surface area (Å²) < 4.78 is 6.28. The molecule has 5 atom stereocenters. The van der Waals surface area contributed by atoms with Crippen molar-refractivity contribution >= 4 is 41.6 Å². The molecule has 1 aromatic carbocycles. The van der Waals surface area contributed by atoms with Gasteiger partial charge < -0.3 is 30.8 Å². The lowest BCUT2D eigenvalue weighted by Gasteiger charge is -2.54. The van der Waals surface area contributed by atoms with E-state index in [-0.39, 0.29) is 48.7 Å². The number of anilines is 1. The first-order valence-electron chi connectivity index (χ1n) is 17.0. The molecule has 2 bridgehead atoms. The van der Waals surface area contributed by atoms with Gasteiger partial charge in [0.25, 0.3) is 11.8 Å². The third-order valence-corrected chi connectivity index (χ3v) is 10.0. The van der Waals surface area contributed by atoms with E-state index >= 15 is 0 Å². The Balaban J connectivity index is 1.16. The number of benzene rings is 1. The molecule has 48 heavy (non-hydrogen) atoms. The van der Waals surface area contributed by atoms with E-state index in [1.807, 2.05) is 27.7 Å². The molecule has 2 aliphatic carbocycles. The molecule has 5 unspecified atom stereocenters. The van der Waals surface area contributed by atoms with Crippen LogP contribution in [0.25, 0.3) is 0 Å². The molecule has 0 spiro atoms. The minimum absolute atomic E-state index is 0.0470. The Labute approximate surface area is 282 Å². The largest absolute Gasteiger partial charge is 0.377 e. The fraction of sp³-hybridized carbons (Fsp3) is 0.657. The lowest BCUT2D eigenvalue weighted by atomic mass is 9.58. The van der Waals surface area contributed by atoms with Gasteiger partial charge in [-0.1, -0.05) is 13.0 Å². The van der Waals surface area contributed by atoms with Crippen LogP contribution in [-0.4, -0.2) is 88.8 Å². The molecule has 1 saturated heterocycles. The fourth-order valence-corrected chi connectivity index (χ4v) is 8.41. The van der Waals surface area contributed by atoms with Crippen molar-refractivity contribution in [2.24, 2.45) is 11.8 Å².